The first-order valence-corrected chi connectivity index (χ1v) is 8.11. The van der Waals surface area contributed by atoms with Crippen LogP contribution in [0.1, 0.15) is 25.0 Å². The number of benzene rings is 1. The maximum Gasteiger partial charge on any atom is 0.119 e. The number of methoxy groups -OCH3 is 1. The van der Waals surface area contributed by atoms with Crippen LogP contribution < -0.4 is 10.1 Å². The molecule has 3 unspecified atom stereocenters. The highest BCUT2D eigenvalue weighted by Gasteiger charge is 2.10. The minimum Gasteiger partial charge on any atom is -0.497 e. The zero-order chi connectivity index (χ0) is 14.3. The zero-order valence-electron chi connectivity index (χ0n) is 11.8. The fraction of sp³-hybridized carbons (Fsp3) is 0.571. The molecule has 108 valence electrons. The van der Waals surface area contributed by atoms with Gasteiger partial charge in [0.25, 0.3) is 0 Å². The summed E-state index contributed by atoms with van der Waals surface area (Å²) in [7, 11) is 0.848. The van der Waals surface area contributed by atoms with Gasteiger partial charge in [0.1, 0.15) is 5.75 Å². The van der Waals surface area contributed by atoms with Gasteiger partial charge in [-0.05, 0) is 31.0 Å². The Morgan fingerprint density at radius 3 is 2.84 bits per heavy atom. The van der Waals surface area contributed by atoms with Gasteiger partial charge in [-0.25, -0.2) is 0 Å². The predicted molar refractivity (Wildman–Crippen MR) is 79.0 cm³/mol. The van der Waals surface area contributed by atoms with Crippen molar-refractivity contribution in [2.45, 2.75) is 25.5 Å². The van der Waals surface area contributed by atoms with Crippen LogP contribution in [0.5, 0.6) is 5.75 Å². The summed E-state index contributed by atoms with van der Waals surface area (Å²) in [4.78, 5) is 0. The third kappa shape index (κ3) is 6.18. The molecule has 1 aromatic rings. The Bertz CT molecular complexity index is 411. The molecule has 5 heteroatoms. The maximum atomic E-state index is 11.0. The number of aliphatic hydroxyl groups excluding tert-OH is 1. The molecule has 0 aliphatic heterocycles. The molecule has 0 saturated carbocycles. The predicted octanol–water partition coefficient (Wildman–Crippen LogP) is 1.48. The summed E-state index contributed by atoms with van der Waals surface area (Å²) < 4.78 is 16.1. The van der Waals surface area contributed by atoms with Crippen molar-refractivity contribution in [3.05, 3.63) is 29.8 Å². The van der Waals surface area contributed by atoms with Gasteiger partial charge in [0.2, 0.25) is 0 Å². The van der Waals surface area contributed by atoms with E-state index in [0.717, 1.165) is 17.7 Å². The number of rotatable bonds is 8. The largest absolute Gasteiger partial charge is 0.497 e. The minimum absolute atomic E-state index is 0.240. The Morgan fingerprint density at radius 2 is 2.21 bits per heavy atom. The minimum atomic E-state index is -0.760. The molecular formula is C14H23NO3S. The van der Waals surface area contributed by atoms with Gasteiger partial charge < -0.3 is 15.2 Å². The van der Waals surface area contributed by atoms with Gasteiger partial charge in [-0.15, -0.1) is 0 Å². The molecule has 0 aliphatic carbocycles. The van der Waals surface area contributed by atoms with Crippen molar-refractivity contribution in [2.24, 2.45) is 0 Å². The summed E-state index contributed by atoms with van der Waals surface area (Å²) in [5, 5.41) is 13.3. The average molecular weight is 285 g/mol. The van der Waals surface area contributed by atoms with Crippen molar-refractivity contribution in [1.29, 1.82) is 0 Å². The van der Waals surface area contributed by atoms with E-state index in [4.69, 9.17) is 4.74 Å². The molecule has 0 aliphatic rings. The Labute approximate surface area is 117 Å². The Hall–Kier alpha value is -0.910. The highest BCUT2D eigenvalue weighted by molar-refractivity contribution is 7.84. The monoisotopic (exact) mass is 285 g/mol. The van der Waals surface area contributed by atoms with Gasteiger partial charge in [0.05, 0.1) is 13.2 Å². The van der Waals surface area contributed by atoms with Crippen LogP contribution in [0.3, 0.4) is 0 Å². The lowest BCUT2D eigenvalue weighted by atomic mass is 10.1. The van der Waals surface area contributed by atoms with Gasteiger partial charge in [0.15, 0.2) is 0 Å². The zero-order valence-corrected chi connectivity index (χ0v) is 12.6. The van der Waals surface area contributed by atoms with Crippen LogP contribution >= 0.6 is 0 Å². The van der Waals surface area contributed by atoms with Gasteiger partial charge in [0, 0.05) is 35.4 Å². The van der Waals surface area contributed by atoms with Crippen molar-refractivity contribution in [3.8, 4) is 5.75 Å². The number of nitrogens with one attached hydrogen (secondary N) is 1. The van der Waals surface area contributed by atoms with E-state index in [1.165, 1.54) is 0 Å². The molecular weight excluding hydrogens is 262 g/mol. The van der Waals surface area contributed by atoms with E-state index in [9.17, 15) is 9.32 Å². The van der Waals surface area contributed by atoms with E-state index in [1.54, 1.807) is 13.4 Å². The Morgan fingerprint density at radius 1 is 1.47 bits per heavy atom. The van der Waals surface area contributed by atoms with Gasteiger partial charge in [-0.2, -0.15) is 0 Å². The van der Waals surface area contributed by atoms with Crippen molar-refractivity contribution < 1.29 is 14.1 Å². The molecule has 2 N–H and O–H groups in total. The van der Waals surface area contributed by atoms with E-state index >= 15 is 0 Å². The molecule has 4 nitrogen and oxygen atoms in total. The average Bonchev–Trinajstić information content (AvgIpc) is 2.42. The third-order valence-electron chi connectivity index (χ3n) is 2.98. The van der Waals surface area contributed by atoms with Crippen molar-refractivity contribution in [2.75, 3.05) is 25.7 Å². The van der Waals surface area contributed by atoms with E-state index in [0.29, 0.717) is 12.3 Å². The van der Waals surface area contributed by atoms with Crippen LogP contribution in [0.4, 0.5) is 0 Å². The molecule has 0 amide bonds. The summed E-state index contributed by atoms with van der Waals surface area (Å²) in [5.74, 6) is 1.43. The SMILES string of the molecule is COc1cccc(C(O)CNC(C)CCS(C)=O)c1. The van der Waals surface area contributed by atoms with E-state index < -0.39 is 16.9 Å². The molecule has 0 heterocycles. The molecule has 0 fully saturated rings. The summed E-state index contributed by atoms with van der Waals surface area (Å²) in [5.41, 5.74) is 0.832. The fourth-order valence-corrected chi connectivity index (χ4v) is 2.41. The molecule has 0 saturated heterocycles. The molecule has 0 aromatic heterocycles. The second kappa shape index (κ2) is 8.30. The highest BCUT2D eigenvalue weighted by atomic mass is 32.2. The van der Waals surface area contributed by atoms with Crippen molar-refractivity contribution in [3.63, 3.8) is 0 Å². The normalized spacial score (nSPS) is 15.8. The summed E-state index contributed by atoms with van der Waals surface area (Å²) in [6.45, 7) is 2.51. The first-order chi connectivity index (χ1) is 9.02. The van der Waals surface area contributed by atoms with Crippen LogP contribution in [0.2, 0.25) is 0 Å². The van der Waals surface area contributed by atoms with Crippen LogP contribution in [0, 0.1) is 0 Å². The summed E-state index contributed by atoms with van der Waals surface area (Å²) in [6.07, 6.45) is 1.98. The third-order valence-corrected chi connectivity index (χ3v) is 3.79. The van der Waals surface area contributed by atoms with Crippen LogP contribution in [0.15, 0.2) is 24.3 Å². The van der Waals surface area contributed by atoms with Crippen LogP contribution in [-0.4, -0.2) is 41.0 Å². The Kier molecular flexibility index (Phi) is 7.05. The lowest BCUT2D eigenvalue weighted by molar-refractivity contribution is 0.170. The summed E-state index contributed by atoms with van der Waals surface area (Å²) >= 11 is 0. The summed E-state index contributed by atoms with van der Waals surface area (Å²) in [6, 6.07) is 7.66. The maximum absolute atomic E-state index is 11.0. The van der Waals surface area contributed by atoms with Crippen LogP contribution in [0.25, 0.3) is 0 Å². The number of ether oxygens (including phenoxy) is 1. The quantitative estimate of drug-likeness (QED) is 0.759. The first kappa shape index (κ1) is 16.1. The smallest absolute Gasteiger partial charge is 0.119 e. The number of hydrogen-bond acceptors (Lipinski definition) is 4. The molecule has 0 spiro atoms. The highest BCUT2D eigenvalue weighted by Crippen LogP contribution is 2.18. The van der Waals surface area contributed by atoms with Crippen molar-refractivity contribution in [1.82, 2.24) is 5.32 Å². The van der Waals surface area contributed by atoms with Gasteiger partial charge in [-0.3, -0.25) is 4.21 Å². The second-order valence-corrected chi connectivity index (χ2v) is 6.22. The van der Waals surface area contributed by atoms with Gasteiger partial charge >= 0.3 is 0 Å². The standard InChI is InChI=1S/C14H23NO3S/c1-11(7-8-19(3)17)15-10-14(16)12-5-4-6-13(9-12)18-2/h4-6,9,11,14-16H,7-8,10H2,1-3H3. The van der Waals surface area contributed by atoms with E-state index in [2.05, 4.69) is 5.32 Å². The van der Waals surface area contributed by atoms with E-state index in [-0.39, 0.29) is 6.04 Å². The molecule has 1 rings (SSSR count). The number of hydrogen-bond donors (Lipinski definition) is 2. The lowest BCUT2D eigenvalue weighted by Crippen LogP contribution is -2.31. The molecule has 0 bridgehead atoms. The Balaban J connectivity index is 2.41. The molecule has 1 aromatic carbocycles. The van der Waals surface area contributed by atoms with Crippen LogP contribution in [-0.2, 0) is 10.8 Å². The topological polar surface area (TPSA) is 58.6 Å². The number of aliphatic hydroxyl groups is 1. The second-order valence-electron chi connectivity index (χ2n) is 4.67. The molecule has 3 atom stereocenters. The lowest BCUT2D eigenvalue weighted by Gasteiger charge is -2.17. The molecule has 0 radical (unpaired) electrons. The fourth-order valence-electron chi connectivity index (χ4n) is 1.72. The van der Waals surface area contributed by atoms with Gasteiger partial charge in [-0.1, -0.05) is 12.1 Å². The molecule has 19 heavy (non-hydrogen) atoms. The van der Waals surface area contributed by atoms with Crippen molar-refractivity contribution >= 4 is 10.8 Å². The first-order valence-electron chi connectivity index (χ1n) is 6.38. The van der Waals surface area contributed by atoms with E-state index in [1.807, 2.05) is 31.2 Å².